The molecule has 2 aromatic rings. The van der Waals surface area contributed by atoms with Gasteiger partial charge in [0.1, 0.15) is 0 Å². The number of nitrogens with zero attached hydrogens (tertiary/aromatic N) is 4. The standard InChI is InChI=1S/C12H12ClF2N5O/c1-6(7-2-3-7)18-11-16-4-8(5-17-11)9-19-10(21-20-9)12(13,14)15/h4-7H,2-3H2,1H3,(H,16,17,18). The van der Waals surface area contributed by atoms with Crippen molar-refractivity contribution in [1.82, 2.24) is 20.1 Å². The third kappa shape index (κ3) is 3.26. The van der Waals surface area contributed by atoms with E-state index < -0.39 is 11.3 Å². The lowest BCUT2D eigenvalue weighted by Crippen LogP contribution is -2.18. The molecular formula is C12H12ClF2N5O. The van der Waals surface area contributed by atoms with E-state index >= 15 is 0 Å². The number of halogens is 3. The molecule has 1 N–H and O–H groups in total. The molecule has 0 spiro atoms. The molecule has 1 atom stereocenters. The first-order valence-electron chi connectivity index (χ1n) is 6.43. The van der Waals surface area contributed by atoms with Gasteiger partial charge in [0, 0.05) is 18.4 Å². The molecule has 0 bridgehead atoms. The van der Waals surface area contributed by atoms with Gasteiger partial charge < -0.3 is 9.84 Å². The highest BCUT2D eigenvalue weighted by Gasteiger charge is 2.35. The Kier molecular flexibility index (Phi) is 3.48. The van der Waals surface area contributed by atoms with Crippen molar-refractivity contribution in [3.63, 3.8) is 0 Å². The number of hydrogen-bond acceptors (Lipinski definition) is 6. The van der Waals surface area contributed by atoms with Gasteiger partial charge in [0.05, 0.1) is 5.56 Å². The van der Waals surface area contributed by atoms with Crippen LogP contribution in [0.5, 0.6) is 0 Å². The van der Waals surface area contributed by atoms with Crippen LogP contribution in [0.2, 0.25) is 0 Å². The van der Waals surface area contributed by atoms with Gasteiger partial charge in [0.15, 0.2) is 0 Å². The fourth-order valence-electron chi connectivity index (χ4n) is 1.89. The smallest absolute Gasteiger partial charge is 0.351 e. The first kappa shape index (κ1) is 14.1. The fraction of sp³-hybridized carbons (Fsp3) is 0.500. The molecule has 6 nitrogen and oxygen atoms in total. The summed E-state index contributed by atoms with van der Waals surface area (Å²) in [4.78, 5) is 11.7. The summed E-state index contributed by atoms with van der Waals surface area (Å²) >= 11 is 4.81. The lowest BCUT2D eigenvalue weighted by atomic mass is 10.2. The average molecular weight is 316 g/mol. The SMILES string of the molecule is CC(Nc1ncc(-c2noc(C(F)(F)Cl)n2)cn1)C1CC1. The van der Waals surface area contributed by atoms with Crippen molar-refractivity contribution in [2.45, 2.75) is 31.2 Å². The van der Waals surface area contributed by atoms with Crippen molar-refractivity contribution in [2.24, 2.45) is 5.92 Å². The quantitative estimate of drug-likeness (QED) is 0.855. The van der Waals surface area contributed by atoms with Gasteiger partial charge in [0.25, 0.3) is 0 Å². The van der Waals surface area contributed by atoms with Crippen molar-refractivity contribution in [3.05, 3.63) is 18.3 Å². The Hall–Kier alpha value is -1.83. The molecule has 0 aromatic carbocycles. The maximum absolute atomic E-state index is 12.8. The van der Waals surface area contributed by atoms with Crippen molar-refractivity contribution in [3.8, 4) is 11.4 Å². The Morgan fingerprint density at radius 1 is 1.38 bits per heavy atom. The van der Waals surface area contributed by atoms with Crippen LogP contribution >= 0.6 is 11.6 Å². The molecule has 112 valence electrons. The summed E-state index contributed by atoms with van der Waals surface area (Å²) in [7, 11) is 0. The molecule has 0 amide bonds. The van der Waals surface area contributed by atoms with Crippen LogP contribution in [0.1, 0.15) is 25.7 Å². The minimum atomic E-state index is -3.69. The predicted octanol–water partition coefficient (Wildman–Crippen LogP) is 3.03. The van der Waals surface area contributed by atoms with E-state index in [0.717, 1.165) is 0 Å². The van der Waals surface area contributed by atoms with Crippen LogP contribution in [0.4, 0.5) is 14.7 Å². The molecule has 1 fully saturated rings. The number of anilines is 1. The van der Waals surface area contributed by atoms with Crippen molar-refractivity contribution in [2.75, 3.05) is 5.32 Å². The van der Waals surface area contributed by atoms with Gasteiger partial charge in [0.2, 0.25) is 11.8 Å². The molecular weight excluding hydrogens is 304 g/mol. The molecule has 2 aromatic heterocycles. The number of nitrogens with one attached hydrogen (secondary N) is 1. The zero-order chi connectivity index (χ0) is 15.0. The molecule has 9 heteroatoms. The van der Waals surface area contributed by atoms with Gasteiger partial charge in [-0.3, -0.25) is 0 Å². The molecule has 21 heavy (non-hydrogen) atoms. The van der Waals surface area contributed by atoms with E-state index in [0.29, 0.717) is 23.5 Å². The second kappa shape index (κ2) is 5.18. The Labute approximate surface area is 123 Å². The maximum atomic E-state index is 12.8. The summed E-state index contributed by atoms with van der Waals surface area (Å²) in [6.45, 7) is 2.07. The van der Waals surface area contributed by atoms with Crippen LogP contribution in [0, 0.1) is 5.92 Å². The summed E-state index contributed by atoms with van der Waals surface area (Å²) in [5, 5.41) is 2.93. The molecule has 3 rings (SSSR count). The van der Waals surface area contributed by atoms with E-state index in [9.17, 15) is 8.78 Å². The molecule has 0 saturated heterocycles. The van der Waals surface area contributed by atoms with Crippen molar-refractivity contribution in [1.29, 1.82) is 0 Å². The van der Waals surface area contributed by atoms with Crippen LogP contribution in [0.3, 0.4) is 0 Å². The Morgan fingerprint density at radius 2 is 2.05 bits per heavy atom. The number of rotatable bonds is 5. The van der Waals surface area contributed by atoms with Gasteiger partial charge in [-0.15, -0.1) is 0 Å². The molecule has 1 aliphatic carbocycles. The van der Waals surface area contributed by atoms with E-state index in [1.807, 2.05) is 0 Å². The van der Waals surface area contributed by atoms with E-state index in [1.165, 1.54) is 25.2 Å². The Balaban J connectivity index is 1.72. The molecule has 2 heterocycles. The summed E-state index contributed by atoms with van der Waals surface area (Å²) < 4.78 is 30.0. The number of aromatic nitrogens is 4. The second-order valence-electron chi connectivity index (χ2n) is 4.99. The monoisotopic (exact) mass is 315 g/mol. The van der Waals surface area contributed by atoms with Crippen molar-refractivity contribution >= 4 is 17.5 Å². The predicted molar refractivity (Wildman–Crippen MR) is 70.9 cm³/mol. The minimum absolute atomic E-state index is 0.0351. The molecule has 1 unspecified atom stereocenters. The van der Waals surface area contributed by atoms with Crippen LogP contribution in [0.15, 0.2) is 16.9 Å². The van der Waals surface area contributed by atoms with E-state index in [4.69, 9.17) is 11.6 Å². The lowest BCUT2D eigenvalue weighted by Gasteiger charge is -2.11. The maximum Gasteiger partial charge on any atom is 0.400 e. The van der Waals surface area contributed by atoms with Gasteiger partial charge in [-0.2, -0.15) is 13.8 Å². The van der Waals surface area contributed by atoms with Gasteiger partial charge in [-0.1, -0.05) is 5.16 Å². The Bertz CT molecular complexity index is 623. The third-order valence-corrected chi connectivity index (χ3v) is 3.43. The van der Waals surface area contributed by atoms with Crippen molar-refractivity contribution < 1.29 is 13.3 Å². The topological polar surface area (TPSA) is 76.7 Å². The highest BCUT2D eigenvalue weighted by Crippen LogP contribution is 2.34. The van der Waals surface area contributed by atoms with Crippen LogP contribution < -0.4 is 5.32 Å². The number of alkyl halides is 3. The molecule has 1 aliphatic rings. The summed E-state index contributed by atoms with van der Waals surface area (Å²) in [5.74, 6) is 0.152. The second-order valence-corrected chi connectivity index (χ2v) is 5.46. The normalized spacial score (nSPS) is 16.8. The van der Waals surface area contributed by atoms with Gasteiger partial charge in [-0.05, 0) is 37.3 Å². The van der Waals surface area contributed by atoms with Crippen LogP contribution in [-0.2, 0) is 5.38 Å². The molecule has 0 aliphatic heterocycles. The minimum Gasteiger partial charge on any atom is -0.351 e. The molecule has 0 radical (unpaired) electrons. The Morgan fingerprint density at radius 3 is 2.57 bits per heavy atom. The van der Waals surface area contributed by atoms with E-state index in [1.54, 1.807) is 0 Å². The first-order chi connectivity index (χ1) is 9.93. The van der Waals surface area contributed by atoms with E-state index in [2.05, 4.69) is 36.9 Å². The zero-order valence-electron chi connectivity index (χ0n) is 11.1. The first-order valence-corrected chi connectivity index (χ1v) is 6.81. The van der Waals surface area contributed by atoms with Gasteiger partial charge >= 0.3 is 11.3 Å². The summed E-state index contributed by atoms with van der Waals surface area (Å²) in [6, 6.07) is 0.308. The lowest BCUT2D eigenvalue weighted by molar-refractivity contribution is 0.0551. The highest BCUT2D eigenvalue weighted by molar-refractivity contribution is 6.21. The molecule has 1 saturated carbocycles. The highest BCUT2D eigenvalue weighted by atomic mass is 35.5. The average Bonchev–Trinajstić information content (AvgIpc) is 3.15. The zero-order valence-corrected chi connectivity index (χ0v) is 11.8. The van der Waals surface area contributed by atoms with Crippen LogP contribution in [-0.4, -0.2) is 26.2 Å². The van der Waals surface area contributed by atoms with Gasteiger partial charge in [-0.25, -0.2) is 9.97 Å². The summed E-state index contributed by atoms with van der Waals surface area (Å²) in [6.07, 6.45) is 5.31. The number of hydrogen-bond donors (Lipinski definition) is 1. The summed E-state index contributed by atoms with van der Waals surface area (Å²) in [5.41, 5.74) is 0.371. The van der Waals surface area contributed by atoms with E-state index in [-0.39, 0.29) is 5.82 Å². The fourth-order valence-corrected chi connectivity index (χ4v) is 1.97. The van der Waals surface area contributed by atoms with Crippen LogP contribution in [0.25, 0.3) is 11.4 Å². The third-order valence-electron chi connectivity index (χ3n) is 3.26. The largest absolute Gasteiger partial charge is 0.400 e.